The van der Waals surface area contributed by atoms with E-state index in [0.29, 0.717) is 45.6 Å². The lowest BCUT2D eigenvalue weighted by atomic mass is 10.0. The van der Waals surface area contributed by atoms with Crippen LogP contribution in [0.2, 0.25) is 0 Å². The van der Waals surface area contributed by atoms with Crippen molar-refractivity contribution in [3.05, 3.63) is 35.9 Å². The van der Waals surface area contributed by atoms with Crippen molar-refractivity contribution in [1.82, 2.24) is 20.0 Å². The fourth-order valence-corrected chi connectivity index (χ4v) is 3.78. The highest BCUT2D eigenvalue weighted by atomic mass is 16.2. The third-order valence-corrected chi connectivity index (χ3v) is 5.73. The van der Waals surface area contributed by atoms with E-state index in [-0.39, 0.29) is 18.1 Å². The topological polar surface area (TPSA) is 73.0 Å². The maximum atomic E-state index is 12.7. The molecule has 0 radical (unpaired) electrons. The number of carbonyl (C=O) groups is 3. The number of nitrogens with one attached hydrogen (secondary N) is 1. The summed E-state index contributed by atoms with van der Waals surface area (Å²) in [5.74, 6) is -0.836. The minimum absolute atomic E-state index is 0.0305. The zero-order chi connectivity index (χ0) is 20.1. The maximum absolute atomic E-state index is 12.7. The Morgan fingerprint density at radius 3 is 2.39 bits per heavy atom. The van der Waals surface area contributed by atoms with Gasteiger partial charge < -0.3 is 20.0 Å². The van der Waals surface area contributed by atoms with E-state index in [4.69, 9.17) is 0 Å². The Bertz CT molecular complexity index is 701. The van der Waals surface area contributed by atoms with Gasteiger partial charge in [0.1, 0.15) is 0 Å². The second-order valence-electron chi connectivity index (χ2n) is 7.69. The number of benzene rings is 1. The minimum atomic E-state index is -0.424. The summed E-state index contributed by atoms with van der Waals surface area (Å²) in [6, 6.07) is 9.87. The van der Waals surface area contributed by atoms with Crippen LogP contribution in [0.5, 0.6) is 0 Å². The number of likely N-dealkylation sites (tertiary alicyclic amines) is 1. The highest BCUT2D eigenvalue weighted by Gasteiger charge is 2.38. The first-order valence-corrected chi connectivity index (χ1v) is 10.2. The number of hydrogen-bond donors (Lipinski definition) is 1. The molecule has 0 aromatic heterocycles. The molecule has 7 nitrogen and oxygen atoms in total. The Kier molecular flexibility index (Phi) is 6.54. The average molecular weight is 386 g/mol. The number of hydrogen-bond acceptors (Lipinski definition) is 3. The van der Waals surface area contributed by atoms with Crippen molar-refractivity contribution < 1.29 is 14.4 Å². The highest BCUT2D eigenvalue weighted by Crippen LogP contribution is 2.20. The lowest BCUT2D eigenvalue weighted by Gasteiger charge is -2.42. The Morgan fingerprint density at radius 1 is 1.07 bits per heavy atom. The molecule has 4 amide bonds. The molecule has 0 aliphatic carbocycles. The Balaban J connectivity index is 1.52. The molecule has 1 N–H and O–H groups in total. The fourth-order valence-electron chi connectivity index (χ4n) is 3.78. The number of amides is 4. The summed E-state index contributed by atoms with van der Waals surface area (Å²) >= 11 is 0. The second-order valence-corrected chi connectivity index (χ2v) is 7.69. The standard InChI is InChI=1S/C21H30N4O3/c1-3-16(2)22-21(28)23-11-9-18(10-12-23)25-14-13-24(19(26)20(25)27)15-17-7-5-4-6-8-17/h4-8,16,18H,3,9-15H2,1-2H3,(H,22,28)/t16-/m0/s1. The van der Waals surface area contributed by atoms with E-state index in [0.717, 1.165) is 12.0 Å². The first-order valence-electron chi connectivity index (χ1n) is 10.2. The summed E-state index contributed by atoms with van der Waals surface area (Å²) in [5.41, 5.74) is 1.03. The zero-order valence-corrected chi connectivity index (χ0v) is 16.8. The first-order chi connectivity index (χ1) is 13.5. The van der Waals surface area contributed by atoms with Crippen LogP contribution in [0.25, 0.3) is 0 Å². The highest BCUT2D eigenvalue weighted by molar-refractivity contribution is 6.35. The molecule has 0 saturated carbocycles. The summed E-state index contributed by atoms with van der Waals surface area (Å²) in [4.78, 5) is 42.6. The number of piperidine rings is 1. The molecule has 2 aliphatic rings. The summed E-state index contributed by atoms with van der Waals surface area (Å²) in [7, 11) is 0. The Morgan fingerprint density at radius 2 is 1.75 bits per heavy atom. The van der Waals surface area contributed by atoms with Gasteiger partial charge >= 0.3 is 17.8 Å². The van der Waals surface area contributed by atoms with E-state index in [9.17, 15) is 14.4 Å². The summed E-state index contributed by atoms with van der Waals surface area (Å²) in [6.45, 7) is 6.82. The van der Waals surface area contributed by atoms with Crippen molar-refractivity contribution in [2.45, 2.75) is 51.7 Å². The second kappa shape index (κ2) is 9.08. The molecule has 0 bridgehead atoms. The SMILES string of the molecule is CC[C@H](C)NC(=O)N1CCC(N2CCN(Cc3ccccc3)C(=O)C2=O)CC1. The molecule has 1 aromatic carbocycles. The molecular formula is C21H30N4O3. The summed E-state index contributed by atoms with van der Waals surface area (Å²) < 4.78 is 0. The van der Waals surface area contributed by atoms with Crippen LogP contribution in [-0.4, -0.2) is 70.8 Å². The summed E-state index contributed by atoms with van der Waals surface area (Å²) in [6.07, 6.45) is 2.32. The number of carbonyl (C=O) groups excluding carboxylic acids is 3. The van der Waals surface area contributed by atoms with Gasteiger partial charge in [-0.25, -0.2) is 4.79 Å². The predicted molar refractivity (Wildman–Crippen MR) is 106 cm³/mol. The van der Waals surface area contributed by atoms with Crippen LogP contribution in [0.4, 0.5) is 4.79 Å². The number of nitrogens with zero attached hydrogens (tertiary/aromatic N) is 3. The van der Waals surface area contributed by atoms with Gasteiger partial charge in [0.25, 0.3) is 0 Å². The smallest absolute Gasteiger partial charge is 0.317 e. The molecule has 1 atom stereocenters. The summed E-state index contributed by atoms with van der Waals surface area (Å²) in [5, 5.41) is 2.98. The number of urea groups is 1. The molecule has 0 unspecified atom stereocenters. The lowest BCUT2D eigenvalue weighted by molar-refractivity contribution is -0.158. The molecule has 7 heteroatoms. The Hall–Kier alpha value is -2.57. The van der Waals surface area contributed by atoms with Gasteiger partial charge in [0.15, 0.2) is 0 Å². The minimum Gasteiger partial charge on any atom is -0.336 e. The van der Waals surface area contributed by atoms with Crippen LogP contribution in [-0.2, 0) is 16.1 Å². The van der Waals surface area contributed by atoms with E-state index in [1.165, 1.54) is 0 Å². The van der Waals surface area contributed by atoms with Crippen LogP contribution in [0.15, 0.2) is 30.3 Å². The van der Waals surface area contributed by atoms with Crippen molar-refractivity contribution in [1.29, 1.82) is 0 Å². The van der Waals surface area contributed by atoms with Gasteiger partial charge in [0.2, 0.25) is 0 Å². The van der Waals surface area contributed by atoms with Gasteiger partial charge in [0, 0.05) is 44.8 Å². The van der Waals surface area contributed by atoms with Crippen molar-refractivity contribution in [3.8, 4) is 0 Å². The molecule has 28 heavy (non-hydrogen) atoms. The van der Waals surface area contributed by atoms with Crippen molar-refractivity contribution >= 4 is 17.8 Å². The molecule has 2 aliphatic heterocycles. The van der Waals surface area contributed by atoms with E-state index in [1.54, 1.807) is 14.7 Å². The van der Waals surface area contributed by atoms with Crippen LogP contribution >= 0.6 is 0 Å². The third-order valence-electron chi connectivity index (χ3n) is 5.73. The normalized spacial score (nSPS) is 19.7. The van der Waals surface area contributed by atoms with Gasteiger partial charge in [0.05, 0.1) is 0 Å². The van der Waals surface area contributed by atoms with Gasteiger partial charge in [-0.2, -0.15) is 0 Å². The predicted octanol–water partition coefficient (Wildman–Crippen LogP) is 1.83. The van der Waals surface area contributed by atoms with Crippen molar-refractivity contribution in [3.63, 3.8) is 0 Å². The molecule has 0 spiro atoms. The maximum Gasteiger partial charge on any atom is 0.317 e. The number of rotatable bonds is 5. The van der Waals surface area contributed by atoms with E-state index < -0.39 is 11.8 Å². The molecule has 2 fully saturated rings. The van der Waals surface area contributed by atoms with Crippen LogP contribution < -0.4 is 5.32 Å². The van der Waals surface area contributed by atoms with E-state index in [1.807, 2.05) is 44.2 Å². The lowest BCUT2D eigenvalue weighted by Crippen LogP contribution is -2.59. The third kappa shape index (κ3) is 4.64. The molecule has 2 saturated heterocycles. The quantitative estimate of drug-likeness (QED) is 0.785. The molecule has 1 aromatic rings. The van der Waals surface area contributed by atoms with Crippen molar-refractivity contribution in [2.75, 3.05) is 26.2 Å². The molecule has 2 heterocycles. The van der Waals surface area contributed by atoms with Crippen LogP contribution in [0.3, 0.4) is 0 Å². The average Bonchev–Trinajstić information content (AvgIpc) is 2.72. The van der Waals surface area contributed by atoms with Crippen LogP contribution in [0, 0.1) is 0 Å². The van der Waals surface area contributed by atoms with Crippen molar-refractivity contribution in [2.24, 2.45) is 0 Å². The Labute approximate surface area is 166 Å². The van der Waals surface area contributed by atoms with E-state index >= 15 is 0 Å². The molecule has 152 valence electrons. The van der Waals surface area contributed by atoms with E-state index in [2.05, 4.69) is 5.32 Å². The van der Waals surface area contributed by atoms with Gasteiger partial charge in [-0.15, -0.1) is 0 Å². The zero-order valence-electron chi connectivity index (χ0n) is 16.8. The molecular weight excluding hydrogens is 356 g/mol. The fraction of sp³-hybridized carbons (Fsp3) is 0.571. The first kappa shape index (κ1) is 20.2. The molecule has 3 rings (SSSR count). The van der Waals surface area contributed by atoms with Gasteiger partial charge in [-0.05, 0) is 31.7 Å². The number of piperazine rings is 1. The van der Waals surface area contributed by atoms with Gasteiger partial charge in [-0.1, -0.05) is 37.3 Å². The van der Waals surface area contributed by atoms with Gasteiger partial charge in [-0.3, -0.25) is 9.59 Å². The van der Waals surface area contributed by atoms with Crippen LogP contribution in [0.1, 0.15) is 38.7 Å². The monoisotopic (exact) mass is 386 g/mol. The largest absolute Gasteiger partial charge is 0.336 e.